The number of carbonyl (C=O) groups excluding carboxylic acids is 2. The highest BCUT2D eigenvalue weighted by Crippen LogP contribution is 2.34. The molecule has 18 heavy (non-hydrogen) atoms. The Morgan fingerprint density at radius 1 is 1.33 bits per heavy atom. The largest absolute Gasteiger partial charge is 0.463 e. The smallest absolute Gasteiger partial charge is 0.344 e. The predicted molar refractivity (Wildman–Crippen MR) is 62.7 cm³/mol. The van der Waals surface area contributed by atoms with E-state index in [0.29, 0.717) is 13.0 Å². The van der Waals surface area contributed by atoms with Crippen LogP contribution in [0.4, 0.5) is 0 Å². The summed E-state index contributed by atoms with van der Waals surface area (Å²) in [6.45, 7) is 3.91. The van der Waals surface area contributed by atoms with Crippen molar-refractivity contribution in [2.45, 2.75) is 32.5 Å². The molecule has 5 nitrogen and oxygen atoms in total. The van der Waals surface area contributed by atoms with Crippen LogP contribution in [0.3, 0.4) is 0 Å². The summed E-state index contributed by atoms with van der Waals surface area (Å²) in [5.74, 6) is -0.892. The lowest BCUT2D eigenvalue weighted by Crippen LogP contribution is -2.28. The van der Waals surface area contributed by atoms with Gasteiger partial charge in [0.05, 0.1) is 24.7 Å². The maximum Gasteiger partial charge on any atom is 0.344 e. The Morgan fingerprint density at radius 3 is 2.67 bits per heavy atom. The number of ether oxygens (including phenoxy) is 3. The van der Waals surface area contributed by atoms with Crippen molar-refractivity contribution in [3.63, 3.8) is 0 Å². The van der Waals surface area contributed by atoms with Gasteiger partial charge in [-0.05, 0) is 12.3 Å². The van der Waals surface area contributed by atoms with Crippen molar-refractivity contribution in [2.75, 3.05) is 13.2 Å². The van der Waals surface area contributed by atoms with Crippen LogP contribution in [0.5, 0.6) is 0 Å². The topological polar surface area (TPSA) is 61.8 Å². The third-order valence-electron chi connectivity index (χ3n) is 2.94. The molecule has 0 radical (unpaired) electrons. The second-order valence-corrected chi connectivity index (χ2v) is 5.05. The first-order valence-corrected chi connectivity index (χ1v) is 6.22. The van der Waals surface area contributed by atoms with E-state index in [1.54, 1.807) is 0 Å². The Balaban J connectivity index is 1.69. The lowest BCUT2D eigenvalue weighted by molar-refractivity contribution is -0.162. The first kappa shape index (κ1) is 13.1. The molecule has 2 aliphatic rings. The minimum atomic E-state index is -0.503. The zero-order valence-corrected chi connectivity index (χ0v) is 10.6. The van der Waals surface area contributed by atoms with Gasteiger partial charge in [0.1, 0.15) is 0 Å². The average Bonchev–Trinajstić information content (AvgIpc) is 2.95. The van der Waals surface area contributed by atoms with Crippen LogP contribution in [0.15, 0.2) is 12.2 Å². The first-order chi connectivity index (χ1) is 8.56. The third kappa shape index (κ3) is 3.10. The quantitative estimate of drug-likeness (QED) is 0.542. The third-order valence-corrected chi connectivity index (χ3v) is 2.94. The molecule has 5 heteroatoms. The molecule has 0 aromatic heterocycles. The fourth-order valence-electron chi connectivity index (χ4n) is 2.04. The molecular weight excluding hydrogens is 236 g/mol. The van der Waals surface area contributed by atoms with Gasteiger partial charge >= 0.3 is 11.9 Å². The van der Waals surface area contributed by atoms with Crippen LogP contribution >= 0.6 is 0 Å². The van der Waals surface area contributed by atoms with E-state index < -0.39 is 5.97 Å². The van der Waals surface area contributed by atoms with E-state index in [1.165, 1.54) is 0 Å². The number of hydrogen-bond donors (Lipinski definition) is 0. The zero-order chi connectivity index (χ0) is 13.1. The van der Waals surface area contributed by atoms with Crippen molar-refractivity contribution in [3.8, 4) is 0 Å². The standard InChI is InChI=1S/C13H18O5/c1-8(2)6-16-12(14)7-17-13(15)10-5-9-3-4-11(10)18-9/h3-4,8-11H,5-7H2,1-2H3. The highest BCUT2D eigenvalue weighted by molar-refractivity contribution is 5.78. The van der Waals surface area contributed by atoms with Crippen molar-refractivity contribution in [1.82, 2.24) is 0 Å². The van der Waals surface area contributed by atoms with E-state index in [4.69, 9.17) is 14.2 Å². The summed E-state index contributed by atoms with van der Waals surface area (Å²) in [6, 6.07) is 0. The van der Waals surface area contributed by atoms with E-state index in [0.717, 1.165) is 0 Å². The summed E-state index contributed by atoms with van der Waals surface area (Å²) in [5, 5.41) is 0. The zero-order valence-electron chi connectivity index (χ0n) is 10.6. The molecule has 2 rings (SSSR count). The van der Waals surface area contributed by atoms with Gasteiger partial charge in [-0.3, -0.25) is 4.79 Å². The van der Waals surface area contributed by atoms with Gasteiger partial charge in [-0.15, -0.1) is 0 Å². The van der Waals surface area contributed by atoms with Crippen LogP contribution in [0.1, 0.15) is 20.3 Å². The molecule has 3 atom stereocenters. The molecule has 0 aromatic carbocycles. The molecule has 2 aliphatic heterocycles. The molecule has 0 saturated carbocycles. The fraction of sp³-hybridized carbons (Fsp3) is 0.692. The van der Waals surface area contributed by atoms with Crippen LogP contribution in [-0.4, -0.2) is 37.4 Å². The molecule has 0 aliphatic carbocycles. The Labute approximate surface area is 106 Å². The van der Waals surface area contributed by atoms with Gasteiger partial charge in [-0.1, -0.05) is 26.0 Å². The van der Waals surface area contributed by atoms with Crippen molar-refractivity contribution in [2.24, 2.45) is 11.8 Å². The van der Waals surface area contributed by atoms with Crippen molar-refractivity contribution in [3.05, 3.63) is 12.2 Å². The van der Waals surface area contributed by atoms with E-state index in [2.05, 4.69) is 0 Å². The van der Waals surface area contributed by atoms with Crippen LogP contribution in [0, 0.1) is 11.8 Å². The molecular formula is C13H18O5. The van der Waals surface area contributed by atoms with E-state index in [-0.39, 0.29) is 36.6 Å². The minimum Gasteiger partial charge on any atom is -0.463 e. The molecule has 1 fully saturated rings. The van der Waals surface area contributed by atoms with Gasteiger partial charge in [-0.2, -0.15) is 0 Å². The summed E-state index contributed by atoms with van der Waals surface area (Å²) in [4.78, 5) is 23.0. The van der Waals surface area contributed by atoms with Gasteiger partial charge in [0.25, 0.3) is 0 Å². The molecule has 0 N–H and O–H groups in total. The molecule has 0 aromatic rings. The Morgan fingerprint density at radius 2 is 2.11 bits per heavy atom. The van der Waals surface area contributed by atoms with E-state index >= 15 is 0 Å². The second-order valence-electron chi connectivity index (χ2n) is 5.05. The maximum absolute atomic E-state index is 11.7. The predicted octanol–water partition coefficient (Wildman–Crippen LogP) is 1.07. The summed E-state index contributed by atoms with van der Waals surface area (Å²) in [6.07, 6.45) is 4.30. The normalized spacial score (nSPS) is 28.7. The van der Waals surface area contributed by atoms with Crippen LogP contribution in [-0.2, 0) is 23.8 Å². The van der Waals surface area contributed by atoms with Crippen molar-refractivity contribution >= 4 is 11.9 Å². The van der Waals surface area contributed by atoms with Crippen LogP contribution in [0.25, 0.3) is 0 Å². The summed E-state index contributed by atoms with van der Waals surface area (Å²) in [7, 11) is 0. The molecule has 0 spiro atoms. The van der Waals surface area contributed by atoms with Gasteiger partial charge < -0.3 is 14.2 Å². The number of hydrogen-bond acceptors (Lipinski definition) is 5. The molecule has 0 amide bonds. The Hall–Kier alpha value is -1.36. The number of esters is 2. The van der Waals surface area contributed by atoms with Gasteiger partial charge in [-0.25, -0.2) is 4.79 Å². The lowest BCUT2D eigenvalue weighted by Gasteiger charge is -2.14. The Kier molecular flexibility index (Phi) is 4.01. The monoisotopic (exact) mass is 254 g/mol. The molecule has 2 bridgehead atoms. The highest BCUT2D eigenvalue weighted by Gasteiger charge is 2.42. The number of fused-ring (bicyclic) bond motifs is 2. The Bertz CT molecular complexity index is 360. The van der Waals surface area contributed by atoms with Crippen LogP contribution < -0.4 is 0 Å². The van der Waals surface area contributed by atoms with Gasteiger partial charge in [0.2, 0.25) is 0 Å². The second kappa shape index (κ2) is 5.52. The van der Waals surface area contributed by atoms with E-state index in [1.807, 2.05) is 26.0 Å². The first-order valence-electron chi connectivity index (χ1n) is 6.22. The maximum atomic E-state index is 11.7. The van der Waals surface area contributed by atoms with Crippen molar-refractivity contribution in [1.29, 1.82) is 0 Å². The van der Waals surface area contributed by atoms with Crippen molar-refractivity contribution < 1.29 is 23.8 Å². The molecule has 100 valence electrons. The molecule has 1 saturated heterocycles. The number of carbonyl (C=O) groups is 2. The van der Waals surface area contributed by atoms with Gasteiger partial charge in [0, 0.05) is 0 Å². The average molecular weight is 254 g/mol. The summed E-state index contributed by atoms with van der Waals surface area (Å²) in [5.41, 5.74) is 0. The fourth-order valence-corrected chi connectivity index (χ4v) is 2.04. The summed E-state index contributed by atoms with van der Waals surface area (Å²) >= 11 is 0. The number of rotatable bonds is 5. The lowest BCUT2D eigenvalue weighted by atomic mass is 9.95. The van der Waals surface area contributed by atoms with Gasteiger partial charge in [0.15, 0.2) is 6.61 Å². The summed E-state index contributed by atoms with van der Waals surface area (Å²) < 4.78 is 15.3. The van der Waals surface area contributed by atoms with Crippen LogP contribution in [0.2, 0.25) is 0 Å². The minimum absolute atomic E-state index is 0.0282. The van der Waals surface area contributed by atoms with E-state index in [9.17, 15) is 9.59 Å². The highest BCUT2D eigenvalue weighted by atomic mass is 16.6. The molecule has 2 heterocycles. The SMILES string of the molecule is CC(C)COC(=O)COC(=O)C1CC2C=CC1O2. The molecule has 3 unspecified atom stereocenters.